The van der Waals surface area contributed by atoms with E-state index in [9.17, 15) is 0 Å². The predicted molar refractivity (Wildman–Crippen MR) is 431 cm³/mol. The van der Waals surface area contributed by atoms with Crippen LogP contribution in [0.2, 0.25) is 0 Å². The van der Waals surface area contributed by atoms with E-state index in [1.54, 1.807) is 14.2 Å². The first-order valence-electron chi connectivity index (χ1n) is 19.3. The molecule has 0 N–H and O–H groups in total. The summed E-state index contributed by atoms with van der Waals surface area (Å²) in [6.07, 6.45) is 7.25. The normalized spacial score (nSPS) is 6.09. The van der Waals surface area contributed by atoms with Gasteiger partial charge < -0.3 is 19.2 Å². The Bertz CT molecular complexity index is 1690. The van der Waals surface area contributed by atoms with Crippen LogP contribution in [0.1, 0.15) is 292 Å². The fourth-order valence-corrected chi connectivity index (χ4v) is 4.39. The zero-order valence-electron chi connectivity index (χ0n) is 35.2. The Morgan fingerprint density at radius 3 is 0.558 bits per heavy atom. The van der Waals surface area contributed by atoms with Crippen LogP contribution in [0.5, 0.6) is 23.0 Å². The quantitative estimate of drug-likeness (QED) is 0.0868. The first-order valence-corrected chi connectivity index (χ1v) is 19.3. The molecule has 0 radical (unpaired) electrons. The minimum Gasteiger partial charge on any atom is -0.497 e. The van der Waals surface area contributed by atoms with E-state index < -0.39 is 0 Å². The average Bonchev–Trinajstić information content (AvgIpc) is 3.31. The molecule has 0 unspecified atom stereocenters. The van der Waals surface area contributed by atoms with Gasteiger partial charge in [0.25, 0.3) is 0 Å². The summed E-state index contributed by atoms with van der Waals surface area (Å²) in [5, 5.41) is 0. The van der Waals surface area contributed by atoms with Crippen molar-refractivity contribution in [2.24, 2.45) is 0 Å². The first kappa shape index (κ1) is 200. The fourth-order valence-electron chi connectivity index (χ4n) is 4.39. The van der Waals surface area contributed by atoms with Crippen LogP contribution in [0, 0.1) is 0 Å². The van der Waals surface area contributed by atoms with Gasteiger partial charge in [-0.25, -0.2) is 19.9 Å². The summed E-state index contributed by atoms with van der Waals surface area (Å²) in [5.41, 5.74) is 5.82. The van der Waals surface area contributed by atoms with Crippen LogP contribution in [0.4, 0.5) is 0 Å². The highest BCUT2D eigenvalue weighted by molar-refractivity contribution is 5.66. The van der Waals surface area contributed by atoms with Crippen molar-refractivity contribution in [3.05, 3.63) is 122 Å². The van der Waals surface area contributed by atoms with E-state index in [-0.39, 0.29) is 223 Å². The van der Waals surface area contributed by atoms with Gasteiger partial charge in [-0.3, -0.25) is 0 Å². The second-order valence-corrected chi connectivity index (χ2v) is 10.1. The van der Waals surface area contributed by atoms with Gasteiger partial charge in [-0.2, -0.15) is 9.78 Å². The summed E-state index contributed by atoms with van der Waals surface area (Å²) in [6, 6.07) is 30.5. The zero-order chi connectivity index (χ0) is 41.6. The van der Waals surface area contributed by atoms with Crippen molar-refractivity contribution in [2.45, 2.75) is 292 Å². The molecule has 2 heterocycles. The predicted octanol–water partition coefficient (Wildman–Crippen LogP) is 31.5. The molecule has 10 heteroatoms. The minimum atomic E-state index is 0. The third-order valence-electron chi connectivity index (χ3n) is 6.92. The summed E-state index contributed by atoms with van der Waals surface area (Å²) in [4.78, 5) is 37.8. The molecule has 0 aliphatic rings. The van der Waals surface area contributed by atoms with Crippen LogP contribution in [0.25, 0.3) is 45.0 Å². The highest BCUT2D eigenvalue weighted by atomic mass is 17.2. The number of ether oxygens (including phenoxy) is 2. The molecule has 0 bridgehead atoms. The molecule has 0 amide bonds. The molecule has 86 heavy (non-hydrogen) atoms. The maximum atomic E-state index is 5.17. The van der Waals surface area contributed by atoms with Crippen molar-refractivity contribution < 1.29 is 29.0 Å². The number of nitrogens with zero attached hydrogens (tertiary/aromatic N) is 4. The van der Waals surface area contributed by atoms with Crippen molar-refractivity contribution in [1.82, 2.24) is 19.9 Å². The van der Waals surface area contributed by atoms with Crippen LogP contribution in [0.3, 0.4) is 0 Å². The van der Waals surface area contributed by atoms with Gasteiger partial charge in [0.1, 0.15) is 11.5 Å². The van der Waals surface area contributed by atoms with E-state index in [1.165, 1.54) is 0 Å². The highest BCUT2D eigenvalue weighted by Crippen LogP contribution is 2.26. The first-order chi connectivity index (χ1) is 27.6. The Morgan fingerprint density at radius 2 is 0.395 bits per heavy atom. The lowest BCUT2D eigenvalue weighted by atomic mass is 10.1. The second-order valence-electron chi connectivity index (χ2n) is 10.1. The van der Waals surface area contributed by atoms with Crippen LogP contribution < -0.4 is 19.2 Å². The van der Waals surface area contributed by atoms with Gasteiger partial charge in [0.15, 0.2) is 23.1 Å². The monoisotopic (exact) mass is 1250 g/mol. The topological polar surface area (TPSA) is 107 Å². The van der Waals surface area contributed by atoms with Crippen LogP contribution in [-0.4, -0.2) is 47.4 Å². The van der Waals surface area contributed by atoms with Gasteiger partial charge in [-0.05, 0) is 97.8 Å². The molecule has 0 saturated carbocycles. The Hall–Kier alpha value is -5.84. The van der Waals surface area contributed by atoms with E-state index in [0.29, 0.717) is 36.4 Å². The maximum absolute atomic E-state index is 5.17. The van der Waals surface area contributed by atoms with Crippen LogP contribution in [-0.2, 0) is 9.78 Å². The Labute approximate surface area is 555 Å². The smallest absolute Gasteiger partial charge is 0.165 e. The number of hydrogen-bond donors (Lipinski definition) is 0. The van der Waals surface area contributed by atoms with Crippen molar-refractivity contribution in [2.75, 3.05) is 27.4 Å². The lowest BCUT2D eigenvalue weighted by molar-refractivity contribution is -0.202. The lowest BCUT2D eigenvalue weighted by Crippen LogP contribution is -1.95. The Balaban J connectivity index is -0.0000000177. The van der Waals surface area contributed by atoms with Gasteiger partial charge in [-0.1, -0.05) is 302 Å². The molecule has 0 aliphatic carbocycles. The molecule has 540 valence electrons. The molecule has 0 atom stereocenters. The fraction of sp³-hybridized carbons (Fsp3) is 0.579. The van der Waals surface area contributed by atoms with Gasteiger partial charge in [0, 0.05) is 47.0 Å². The highest BCUT2D eigenvalue weighted by Gasteiger charge is 2.06. The van der Waals surface area contributed by atoms with E-state index >= 15 is 0 Å². The minimum absolute atomic E-state index is 0. The Kier molecular flexibility index (Phi) is 291. The molecule has 0 spiro atoms. The lowest BCUT2D eigenvalue weighted by Gasteiger charge is -2.06. The molecule has 0 saturated heterocycles. The number of hydrogen-bond acceptors (Lipinski definition) is 10. The van der Waals surface area contributed by atoms with Gasteiger partial charge in [-0.15, -0.1) is 0 Å². The summed E-state index contributed by atoms with van der Waals surface area (Å²) in [7, 11) is 3.29. The summed E-state index contributed by atoms with van der Waals surface area (Å²) in [5.74, 6) is 4.29. The SMILES string of the molecule is C.C.C.C.C.C.C.C.C.C.C.C.C.C.C.C.C.C.C.C.C.C.C.C.C.C.C.C.C.C.CC.CC.CC.CC.CCOOc1ccc(-c2cnc(-c3ccc(OC)cc3)nc2)cc1.CCOOc1ccc(-c2ncc(-c3ccc(OC)cc3)cn2)cc1. The second kappa shape index (κ2) is 125. The number of benzene rings is 4. The van der Waals surface area contributed by atoms with Crippen LogP contribution >= 0.6 is 0 Å². The van der Waals surface area contributed by atoms with Gasteiger partial charge >= 0.3 is 0 Å². The van der Waals surface area contributed by atoms with E-state index in [2.05, 4.69) is 19.9 Å². The van der Waals surface area contributed by atoms with Crippen molar-refractivity contribution in [3.63, 3.8) is 0 Å². The van der Waals surface area contributed by atoms with Crippen molar-refractivity contribution in [3.8, 4) is 68.0 Å². The third kappa shape index (κ3) is 68.9. The van der Waals surface area contributed by atoms with E-state index in [4.69, 9.17) is 29.0 Å². The summed E-state index contributed by atoms with van der Waals surface area (Å²) in [6.45, 7) is 20.7. The van der Waals surface area contributed by atoms with Gasteiger partial charge in [0.2, 0.25) is 0 Å². The summed E-state index contributed by atoms with van der Waals surface area (Å²) >= 11 is 0. The molecule has 10 nitrogen and oxygen atoms in total. The zero-order valence-corrected chi connectivity index (χ0v) is 35.2. The molecule has 6 rings (SSSR count). The van der Waals surface area contributed by atoms with Crippen molar-refractivity contribution >= 4 is 0 Å². The molecule has 6 aromatic rings. The maximum Gasteiger partial charge on any atom is 0.165 e. The molecule has 2 aromatic heterocycles. The number of methoxy groups -OCH3 is 2. The van der Waals surface area contributed by atoms with Gasteiger partial charge in [0.05, 0.1) is 27.4 Å². The molecule has 0 aliphatic heterocycles. The standard InChI is InChI=1S/2C19H18N2O3.4C2H6.30CH4/c1-3-23-24-18-10-4-14(5-11-18)16-12-20-19(21-13-16)15-6-8-17(22-2)9-7-15;1-3-23-24-18-10-6-15(7-11-18)19-20-12-16(13-21-19)14-4-8-17(22-2)9-5-14;4*1-2;;;;;;;;;;;;;;;;;;;;;;;;;;;;;;/h2*4-13H,3H2,1-2H3;4*1-2H3;30*1H4. The van der Waals surface area contributed by atoms with E-state index in [0.717, 1.165) is 44.9 Å². The number of rotatable bonds is 12. The largest absolute Gasteiger partial charge is 0.497 e. The molecule has 0 fully saturated rings. The third-order valence-corrected chi connectivity index (χ3v) is 6.92. The molecule has 4 aromatic carbocycles. The summed E-state index contributed by atoms with van der Waals surface area (Å²) < 4.78 is 10.3. The van der Waals surface area contributed by atoms with Crippen molar-refractivity contribution in [1.29, 1.82) is 0 Å². The van der Waals surface area contributed by atoms with E-state index in [1.807, 2.05) is 191 Å². The average molecular weight is 1250 g/mol. The Morgan fingerprint density at radius 1 is 0.233 bits per heavy atom. The molecular weight excluding hydrogens is 1060 g/mol. The number of aromatic nitrogens is 4. The van der Waals surface area contributed by atoms with Crippen LogP contribution in [0.15, 0.2) is 122 Å². The molecular formula is C76H180N4O6.